The van der Waals surface area contributed by atoms with Crippen molar-refractivity contribution in [1.82, 2.24) is 0 Å². The van der Waals surface area contributed by atoms with Gasteiger partial charge in [-0.05, 0) is 84.8 Å². The Kier molecular flexibility index (Phi) is 7.49. The monoisotopic (exact) mass is 371 g/mol. The van der Waals surface area contributed by atoms with Crippen LogP contribution >= 0.6 is 0 Å². The lowest BCUT2D eigenvalue weighted by molar-refractivity contribution is 0.0594. The molecule has 2 heteroatoms. The van der Waals surface area contributed by atoms with E-state index in [-0.39, 0.29) is 11.4 Å². The molecule has 4 atom stereocenters. The highest BCUT2D eigenvalue weighted by atomic mass is 19.1. The first-order valence-corrected chi connectivity index (χ1v) is 11.1. The van der Waals surface area contributed by atoms with Gasteiger partial charge < -0.3 is 0 Å². The molecule has 2 saturated carbocycles. The maximum atomic E-state index is 14.4. The minimum absolute atomic E-state index is 0.216. The Bertz CT molecular complexity index is 669. The SMILES string of the molecule is CC.CC(C)C.CC12CCCC1C1CCc3c(ccc(C#N)c3F)C1CC2. The van der Waals surface area contributed by atoms with Crippen LogP contribution in [-0.4, -0.2) is 0 Å². The smallest absolute Gasteiger partial charge is 0.144 e. The Hall–Kier alpha value is -1.36. The first-order valence-electron chi connectivity index (χ1n) is 11.1. The van der Waals surface area contributed by atoms with Crippen molar-refractivity contribution in [2.24, 2.45) is 23.2 Å². The number of hydrogen-bond acceptors (Lipinski definition) is 1. The molecule has 3 aliphatic rings. The van der Waals surface area contributed by atoms with Gasteiger partial charge in [-0.2, -0.15) is 5.26 Å². The molecule has 0 heterocycles. The summed E-state index contributed by atoms with van der Waals surface area (Å²) in [7, 11) is 0. The fourth-order valence-electron chi connectivity index (χ4n) is 5.70. The Morgan fingerprint density at radius 1 is 1.11 bits per heavy atom. The van der Waals surface area contributed by atoms with E-state index in [0.717, 1.165) is 36.2 Å². The summed E-state index contributed by atoms with van der Waals surface area (Å²) >= 11 is 0. The molecule has 4 unspecified atom stereocenters. The van der Waals surface area contributed by atoms with E-state index in [0.29, 0.717) is 11.3 Å². The van der Waals surface area contributed by atoms with E-state index < -0.39 is 0 Å². The molecule has 2 fully saturated rings. The van der Waals surface area contributed by atoms with Gasteiger partial charge in [-0.3, -0.25) is 0 Å². The number of fused-ring (bicyclic) bond motifs is 5. The molecule has 0 bridgehead atoms. The molecule has 0 aliphatic heterocycles. The van der Waals surface area contributed by atoms with E-state index in [1.165, 1.54) is 37.7 Å². The summed E-state index contributed by atoms with van der Waals surface area (Å²) in [6.45, 7) is 13.0. The van der Waals surface area contributed by atoms with Crippen LogP contribution in [0.2, 0.25) is 0 Å². The zero-order chi connectivity index (χ0) is 20.2. The molecule has 1 aromatic carbocycles. The fraction of sp³-hybridized carbons (Fsp3) is 0.720. The molecule has 1 aromatic rings. The summed E-state index contributed by atoms with van der Waals surface area (Å²) in [5.41, 5.74) is 2.83. The minimum Gasteiger partial charge on any atom is -0.205 e. The summed E-state index contributed by atoms with van der Waals surface area (Å²) in [5.74, 6) is 2.70. The molecule has 27 heavy (non-hydrogen) atoms. The Morgan fingerprint density at radius 2 is 1.78 bits per heavy atom. The third-order valence-electron chi connectivity index (χ3n) is 6.75. The quantitative estimate of drug-likeness (QED) is 0.460. The molecule has 4 rings (SSSR count). The van der Waals surface area contributed by atoms with Crippen LogP contribution in [0.5, 0.6) is 0 Å². The Balaban J connectivity index is 0.000000389. The van der Waals surface area contributed by atoms with Crippen molar-refractivity contribution >= 4 is 0 Å². The van der Waals surface area contributed by atoms with Crippen molar-refractivity contribution in [3.8, 4) is 6.07 Å². The van der Waals surface area contributed by atoms with Gasteiger partial charge in [-0.1, -0.05) is 54.0 Å². The zero-order valence-electron chi connectivity index (χ0n) is 18.2. The van der Waals surface area contributed by atoms with Gasteiger partial charge in [0.1, 0.15) is 11.9 Å². The van der Waals surface area contributed by atoms with Gasteiger partial charge in [0.25, 0.3) is 0 Å². The largest absolute Gasteiger partial charge is 0.205 e. The number of nitrogens with zero attached hydrogens (tertiary/aromatic N) is 1. The third kappa shape index (κ3) is 4.39. The summed E-state index contributed by atoms with van der Waals surface area (Å²) in [6, 6.07) is 5.73. The topological polar surface area (TPSA) is 23.8 Å². The summed E-state index contributed by atoms with van der Waals surface area (Å²) in [4.78, 5) is 0. The van der Waals surface area contributed by atoms with Gasteiger partial charge in [0.15, 0.2) is 0 Å². The van der Waals surface area contributed by atoms with Gasteiger partial charge in [-0.15, -0.1) is 0 Å². The van der Waals surface area contributed by atoms with Crippen molar-refractivity contribution in [2.75, 3.05) is 0 Å². The molecule has 3 aliphatic carbocycles. The van der Waals surface area contributed by atoms with E-state index in [1.54, 1.807) is 6.07 Å². The van der Waals surface area contributed by atoms with Crippen molar-refractivity contribution in [3.63, 3.8) is 0 Å². The van der Waals surface area contributed by atoms with Gasteiger partial charge in [-0.25, -0.2) is 4.39 Å². The number of benzene rings is 1. The molecule has 0 aromatic heterocycles. The average molecular weight is 372 g/mol. The Labute approximate surface area is 166 Å². The highest BCUT2D eigenvalue weighted by molar-refractivity contribution is 5.43. The second-order valence-corrected chi connectivity index (χ2v) is 9.34. The third-order valence-corrected chi connectivity index (χ3v) is 6.75. The highest BCUT2D eigenvalue weighted by Gasteiger charge is 2.50. The first kappa shape index (κ1) is 21.9. The van der Waals surface area contributed by atoms with Gasteiger partial charge in [0, 0.05) is 0 Å². The van der Waals surface area contributed by atoms with Crippen LogP contribution in [0.25, 0.3) is 0 Å². The second-order valence-electron chi connectivity index (χ2n) is 9.34. The van der Waals surface area contributed by atoms with Gasteiger partial charge in [0.05, 0.1) is 5.56 Å². The van der Waals surface area contributed by atoms with E-state index in [2.05, 4.69) is 27.7 Å². The van der Waals surface area contributed by atoms with Crippen LogP contribution in [0.3, 0.4) is 0 Å². The van der Waals surface area contributed by atoms with Crippen molar-refractivity contribution in [1.29, 1.82) is 5.26 Å². The lowest BCUT2D eigenvalue weighted by atomic mass is 9.56. The van der Waals surface area contributed by atoms with E-state index in [9.17, 15) is 4.39 Å². The summed E-state index contributed by atoms with van der Waals surface area (Å²) in [6.07, 6.45) is 8.56. The molecule has 0 saturated heterocycles. The van der Waals surface area contributed by atoms with E-state index in [4.69, 9.17) is 5.26 Å². The van der Waals surface area contributed by atoms with Crippen LogP contribution in [0.1, 0.15) is 103 Å². The minimum atomic E-state index is -0.242. The van der Waals surface area contributed by atoms with Crippen LogP contribution < -0.4 is 0 Å². The average Bonchev–Trinajstić information content (AvgIpc) is 3.05. The second kappa shape index (κ2) is 9.22. The number of rotatable bonds is 0. The summed E-state index contributed by atoms with van der Waals surface area (Å²) in [5, 5.41) is 9.02. The zero-order valence-corrected chi connectivity index (χ0v) is 18.2. The molecule has 150 valence electrons. The van der Waals surface area contributed by atoms with Crippen molar-refractivity contribution in [3.05, 3.63) is 34.6 Å². The fourth-order valence-corrected chi connectivity index (χ4v) is 5.70. The first-order chi connectivity index (χ1) is 12.9. The van der Waals surface area contributed by atoms with Crippen molar-refractivity contribution in [2.45, 2.75) is 92.4 Å². The molecular formula is C25H38FN. The molecule has 0 radical (unpaired) electrons. The molecular weight excluding hydrogens is 333 g/mol. The highest BCUT2D eigenvalue weighted by Crippen LogP contribution is 2.60. The van der Waals surface area contributed by atoms with Crippen LogP contribution in [-0.2, 0) is 6.42 Å². The van der Waals surface area contributed by atoms with E-state index in [1.807, 2.05) is 26.0 Å². The number of hydrogen-bond donors (Lipinski definition) is 0. The lowest BCUT2D eigenvalue weighted by Crippen LogP contribution is -2.39. The normalized spacial score (nSPS) is 30.6. The number of nitriles is 1. The van der Waals surface area contributed by atoms with E-state index >= 15 is 0 Å². The predicted molar refractivity (Wildman–Crippen MR) is 112 cm³/mol. The summed E-state index contributed by atoms with van der Waals surface area (Å²) < 4.78 is 14.4. The maximum absolute atomic E-state index is 14.4. The van der Waals surface area contributed by atoms with Gasteiger partial charge >= 0.3 is 0 Å². The molecule has 1 nitrogen and oxygen atoms in total. The van der Waals surface area contributed by atoms with Crippen LogP contribution in [0.15, 0.2) is 12.1 Å². The lowest BCUT2D eigenvalue weighted by Gasteiger charge is -2.49. The number of halogens is 1. The molecule has 0 N–H and O–H groups in total. The maximum Gasteiger partial charge on any atom is 0.144 e. The Morgan fingerprint density at radius 3 is 2.41 bits per heavy atom. The molecule has 0 spiro atoms. The van der Waals surface area contributed by atoms with Crippen molar-refractivity contribution < 1.29 is 4.39 Å². The van der Waals surface area contributed by atoms with Crippen LogP contribution in [0, 0.1) is 40.3 Å². The standard InChI is InChI=1S/C19H22FN.C4H10.C2H6/c1-19-9-2-3-17(19)15-6-7-16-13(14(15)8-10-19)5-4-12(11-21)18(16)20;1-4(2)3;1-2/h4-5,14-15,17H,2-3,6-10H2,1H3;4H,1-3H3;1-2H3. The predicted octanol–water partition coefficient (Wildman–Crippen LogP) is 7.63. The van der Waals surface area contributed by atoms with Gasteiger partial charge in [0.2, 0.25) is 0 Å². The molecule has 0 amide bonds. The van der Waals surface area contributed by atoms with Crippen LogP contribution in [0.4, 0.5) is 4.39 Å².